The maximum absolute atomic E-state index is 5.00. The second kappa shape index (κ2) is 3.67. The molecule has 1 aromatic heterocycles. The molecule has 1 aromatic rings. The fourth-order valence-electron chi connectivity index (χ4n) is 0.582. The molecule has 0 amide bonds. The number of nitrogens with zero attached hydrogens (tertiary/aromatic N) is 1. The summed E-state index contributed by atoms with van der Waals surface area (Å²) in [5.41, 5.74) is 0. The monoisotopic (exact) mass is 135 g/mol. The Morgan fingerprint density at radius 1 is 1.70 bits per heavy atom. The Bertz CT molecular complexity index is 211. The van der Waals surface area contributed by atoms with Crippen molar-refractivity contribution < 1.29 is 4.42 Å². The van der Waals surface area contributed by atoms with Crippen molar-refractivity contribution in [3.8, 4) is 0 Å². The molecule has 0 unspecified atom stereocenters. The second-order valence-corrected chi connectivity index (χ2v) is 1.80. The molecular weight excluding hydrogens is 126 g/mol. The van der Waals surface area contributed by atoms with Crippen molar-refractivity contribution in [3.05, 3.63) is 36.8 Å². The summed E-state index contributed by atoms with van der Waals surface area (Å²) >= 11 is 0. The standard InChI is InChI=1S/C8H9NO/c1-2-5-9-7-8-4-3-6-10-8/h2-4,6-7H,1,5H2. The maximum Gasteiger partial charge on any atom is 0.144 e. The van der Waals surface area contributed by atoms with Gasteiger partial charge in [0.1, 0.15) is 5.76 Å². The lowest BCUT2D eigenvalue weighted by Crippen LogP contribution is -1.76. The first-order valence-corrected chi connectivity index (χ1v) is 3.07. The molecule has 2 heteroatoms. The molecule has 0 spiro atoms. The summed E-state index contributed by atoms with van der Waals surface area (Å²) in [6, 6.07) is 3.68. The molecule has 0 saturated carbocycles. The van der Waals surface area contributed by atoms with Crippen molar-refractivity contribution in [2.24, 2.45) is 4.99 Å². The van der Waals surface area contributed by atoms with Crippen molar-refractivity contribution in [2.75, 3.05) is 6.54 Å². The smallest absolute Gasteiger partial charge is 0.144 e. The van der Waals surface area contributed by atoms with Crippen LogP contribution in [0.3, 0.4) is 0 Å². The topological polar surface area (TPSA) is 25.5 Å². The van der Waals surface area contributed by atoms with E-state index in [9.17, 15) is 0 Å². The number of hydrogen-bond donors (Lipinski definition) is 0. The summed E-state index contributed by atoms with van der Waals surface area (Å²) in [5.74, 6) is 0.779. The molecule has 0 atom stereocenters. The van der Waals surface area contributed by atoms with Gasteiger partial charge in [-0.15, -0.1) is 6.58 Å². The van der Waals surface area contributed by atoms with Crippen LogP contribution in [0.15, 0.2) is 40.5 Å². The number of aliphatic imine (C=N–C) groups is 1. The SMILES string of the molecule is C=CCN=Cc1ccco1. The molecule has 0 aliphatic heterocycles. The molecule has 10 heavy (non-hydrogen) atoms. The predicted octanol–water partition coefficient (Wildman–Crippen LogP) is 1.88. The summed E-state index contributed by atoms with van der Waals surface area (Å²) in [6.45, 7) is 4.17. The zero-order valence-electron chi connectivity index (χ0n) is 5.66. The minimum absolute atomic E-state index is 0.640. The van der Waals surface area contributed by atoms with Gasteiger partial charge in [0, 0.05) is 0 Å². The predicted molar refractivity (Wildman–Crippen MR) is 41.4 cm³/mol. The van der Waals surface area contributed by atoms with Crippen LogP contribution in [0.2, 0.25) is 0 Å². The highest BCUT2D eigenvalue weighted by Crippen LogP contribution is 1.94. The maximum atomic E-state index is 5.00. The van der Waals surface area contributed by atoms with E-state index in [2.05, 4.69) is 11.6 Å². The molecule has 0 aromatic carbocycles. The van der Waals surface area contributed by atoms with E-state index in [0.717, 1.165) is 5.76 Å². The van der Waals surface area contributed by atoms with Crippen LogP contribution >= 0.6 is 0 Å². The average Bonchev–Trinajstić information content (AvgIpc) is 2.41. The van der Waals surface area contributed by atoms with Crippen LogP contribution in [-0.4, -0.2) is 12.8 Å². The van der Waals surface area contributed by atoms with Gasteiger partial charge >= 0.3 is 0 Å². The van der Waals surface area contributed by atoms with Crippen LogP contribution in [0.1, 0.15) is 5.76 Å². The lowest BCUT2D eigenvalue weighted by Gasteiger charge is -1.80. The first-order valence-electron chi connectivity index (χ1n) is 3.07. The summed E-state index contributed by atoms with van der Waals surface area (Å²) in [6.07, 6.45) is 5.04. The highest BCUT2D eigenvalue weighted by molar-refractivity contribution is 5.75. The molecule has 0 aliphatic carbocycles. The van der Waals surface area contributed by atoms with E-state index in [1.807, 2.05) is 12.1 Å². The van der Waals surface area contributed by atoms with E-state index < -0.39 is 0 Å². The van der Waals surface area contributed by atoms with Crippen molar-refractivity contribution in [1.29, 1.82) is 0 Å². The van der Waals surface area contributed by atoms with E-state index in [0.29, 0.717) is 6.54 Å². The van der Waals surface area contributed by atoms with Crippen molar-refractivity contribution in [2.45, 2.75) is 0 Å². The summed E-state index contributed by atoms with van der Waals surface area (Å²) in [5, 5.41) is 0. The summed E-state index contributed by atoms with van der Waals surface area (Å²) in [4.78, 5) is 4.00. The van der Waals surface area contributed by atoms with E-state index >= 15 is 0 Å². The van der Waals surface area contributed by atoms with E-state index in [1.165, 1.54) is 0 Å². The molecule has 0 fully saturated rings. The Morgan fingerprint density at radius 2 is 2.60 bits per heavy atom. The van der Waals surface area contributed by atoms with Crippen LogP contribution in [0.5, 0.6) is 0 Å². The van der Waals surface area contributed by atoms with Gasteiger partial charge in [-0.05, 0) is 12.1 Å². The third-order valence-corrected chi connectivity index (χ3v) is 0.996. The Balaban J connectivity index is 2.47. The Morgan fingerprint density at radius 3 is 3.20 bits per heavy atom. The molecular formula is C8H9NO. The zero-order valence-corrected chi connectivity index (χ0v) is 5.66. The molecule has 52 valence electrons. The van der Waals surface area contributed by atoms with Crippen LogP contribution in [-0.2, 0) is 0 Å². The fraction of sp³-hybridized carbons (Fsp3) is 0.125. The average molecular weight is 135 g/mol. The Kier molecular flexibility index (Phi) is 2.49. The Labute approximate surface area is 59.9 Å². The summed E-state index contributed by atoms with van der Waals surface area (Å²) < 4.78 is 5.00. The molecule has 0 radical (unpaired) electrons. The van der Waals surface area contributed by atoms with Crippen molar-refractivity contribution in [3.63, 3.8) is 0 Å². The first kappa shape index (κ1) is 6.81. The van der Waals surface area contributed by atoms with Gasteiger partial charge in [0.05, 0.1) is 19.0 Å². The molecule has 1 heterocycles. The van der Waals surface area contributed by atoms with Gasteiger partial charge in [-0.3, -0.25) is 4.99 Å². The number of hydrogen-bond acceptors (Lipinski definition) is 2. The second-order valence-electron chi connectivity index (χ2n) is 1.80. The van der Waals surface area contributed by atoms with Crippen LogP contribution in [0, 0.1) is 0 Å². The van der Waals surface area contributed by atoms with Gasteiger partial charge in [-0.25, -0.2) is 0 Å². The molecule has 0 saturated heterocycles. The Hall–Kier alpha value is -1.31. The van der Waals surface area contributed by atoms with Crippen molar-refractivity contribution >= 4 is 6.21 Å². The van der Waals surface area contributed by atoms with E-state index in [4.69, 9.17) is 4.42 Å². The van der Waals surface area contributed by atoms with Gasteiger partial charge in [0.2, 0.25) is 0 Å². The van der Waals surface area contributed by atoms with E-state index in [-0.39, 0.29) is 0 Å². The van der Waals surface area contributed by atoms with Crippen LogP contribution in [0.4, 0.5) is 0 Å². The van der Waals surface area contributed by atoms with Gasteiger partial charge < -0.3 is 4.42 Å². The van der Waals surface area contributed by atoms with Gasteiger partial charge in [0.25, 0.3) is 0 Å². The van der Waals surface area contributed by atoms with E-state index in [1.54, 1.807) is 18.6 Å². The van der Waals surface area contributed by atoms with Gasteiger partial charge in [-0.1, -0.05) is 6.08 Å². The molecule has 2 nitrogen and oxygen atoms in total. The zero-order chi connectivity index (χ0) is 7.23. The largest absolute Gasteiger partial charge is 0.463 e. The number of rotatable bonds is 3. The third kappa shape index (κ3) is 1.90. The number of furan rings is 1. The minimum Gasteiger partial charge on any atom is -0.463 e. The minimum atomic E-state index is 0.640. The van der Waals surface area contributed by atoms with Crippen molar-refractivity contribution in [1.82, 2.24) is 0 Å². The third-order valence-electron chi connectivity index (χ3n) is 0.996. The molecule has 0 bridgehead atoms. The highest BCUT2D eigenvalue weighted by Gasteiger charge is 1.84. The first-order chi connectivity index (χ1) is 4.93. The van der Waals surface area contributed by atoms with Crippen LogP contribution in [0.25, 0.3) is 0 Å². The van der Waals surface area contributed by atoms with Gasteiger partial charge in [0.15, 0.2) is 0 Å². The molecule has 0 aliphatic rings. The summed E-state index contributed by atoms with van der Waals surface area (Å²) in [7, 11) is 0. The molecule has 0 N–H and O–H groups in total. The quantitative estimate of drug-likeness (QED) is 0.459. The lowest BCUT2D eigenvalue weighted by molar-refractivity contribution is 0.560. The highest BCUT2D eigenvalue weighted by atomic mass is 16.3. The lowest BCUT2D eigenvalue weighted by atomic mass is 10.5. The fourth-order valence-corrected chi connectivity index (χ4v) is 0.582. The van der Waals surface area contributed by atoms with Gasteiger partial charge in [-0.2, -0.15) is 0 Å². The normalized spacial score (nSPS) is 10.4. The van der Waals surface area contributed by atoms with Crippen LogP contribution < -0.4 is 0 Å². The molecule has 1 rings (SSSR count).